The van der Waals surface area contributed by atoms with Crippen molar-refractivity contribution in [1.29, 1.82) is 0 Å². The van der Waals surface area contributed by atoms with Crippen LogP contribution >= 0.6 is 11.3 Å². The molecule has 3 nitrogen and oxygen atoms in total. The van der Waals surface area contributed by atoms with Crippen LogP contribution in [-0.4, -0.2) is 18.5 Å². The molecule has 0 saturated heterocycles. The molecule has 3 aromatic carbocycles. The summed E-state index contributed by atoms with van der Waals surface area (Å²) in [4.78, 5) is 9.92. The molecule has 0 amide bonds. The minimum absolute atomic E-state index is 0.0900. The first-order valence-corrected chi connectivity index (χ1v) is 18.7. The smallest absolute Gasteiger partial charge is 0.219 e. The normalized spacial score (nSPS) is 19.4. The van der Waals surface area contributed by atoms with E-state index in [0.717, 1.165) is 41.2 Å². The fourth-order valence-corrected chi connectivity index (χ4v) is 9.84. The van der Waals surface area contributed by atoms with E-state index in [1.807, 2.05) is 6.08 Å². The molecule has 0 spiro atoms. The van der Waals surface area contributed by atoms with Gasteiger partial charge in [-0.25, -0.2) is 0 Å². The van der Waals surface area contributed by atoms with Gasteiger partial charge in [-0.1, -0.05) is 92.6 Å². The SMILES string of the molecule is C=CC1=NC2CC(=C)[n+]3ccc(C4CCCCC4)cc3-c3c(cc4sc(N=C)c(/C=C\C)c4c3-c3ccccc3)CCC2c2ccccc21. The zero-order chi connectivity index (χ0) is 33.5. The summed E-state index contributed by atoms with van der Waals surface area (Å²) in [5.41, 5.74) is 13.7. The molecule has 244 valence electrons. The Bertz CT molecular complexity index is 2160. The van der Waals surface area contributed by atoms with Gasteiger partial charge in [0.25, 0.3) is 0 Å². The highest BCUT2D eigenvalue weighted by Gasteiger charge is 2.36. The second-order valence-electron chi connectivity index (χ2n) is 13.8. The van der Waals surface area contributed by atoms with Crippen LogP contribution in [-0.2, 0) is 6.42 Å². The number of rotatable bonds is 5. The monoisotopic (exact) mass is 658 g/mol. The van der Waals surface area contributed by atoms with Gasteiger partial charge in [-0.05, 0) is 86.2 Å². The molecule has 2 aliphatic heterocycles. The number of aryl methyl sites for hydroxylation is 1. The fraction of sp³-hybridized carbons (Fsp3) is 0.267. The lowest BCUT2D eigenvalue weighted by molar-refractivity contribution is -0.571. The molecule has 4 heterocycles. The molecule has 1 fully saturated rings. The maximum absolute atomic E-state index is 5.37. The highest BCUT2D eigenvalue weighted by molar-refractivity contribution is 7.23. The van der Waals surface area contributed by atoms with Crippen LogP contribution in [0.5, 0.6) is 0 Å². The van der Waals surface area contributed by atoms with E-state index in [0.29, 0.717) is 5.92 Å². The third-order valence-electron chi connectivity index (χ3n) is 11.0. The molecule has 49 heavy (non-hydrogen) atoms. The number of benzene rings is 3. The molecule has 0 N–H and O–H groups in total. The standard InChI is InChI=1S/C45H44N3S/c1-5-15-37-44-41(49-45(37)46-4)28-33-22-23-36-34-20-13-14-21-35(34)38(6-2)47-39(36)26-29(3)48-25-24-32(30-16-9-7-10-17-30)27-40(48)42(33)43(44)31-18-11-8-12-19-31/h5-6,8,11-15,18-21,24-25,27-28,30,36,39H,2-4,7,9-10,16-17,22-23,26H2,1H3/q+1/b15-5-. The fourth-order valence-electron chi connectivity index (χ4n) is 8.77. The van der Waals surface area contributed by atoms with E-state index in [4.69, 9.17) is 11.6 Å². The van der Waals surface area contributed by atoms with Crippen molar-refractivity contribution in [2.24, 2.45) is 9.98 Å². The predicted molar refractivity (Wildman–Crippen MR) is 211 cm³/mol. The Morgan fingerprint density at radius 3 is 2.51 bits per heavy atom. The van der Waals surface area contributed by atoms with Gasteiger partial charge in [0.1, 0.15) is 5.00 Å². The van der Waals surface area contributed by atoms with Gasteiger partial charge >= 0.3 is 0 Å². The summed E-state index contributed by atoms with van der Waals surface area (Å²) in [7, 11) is 0. The number of aliphatic imine (C=N–C) groups is 2. The number of hydrogen-bond acceptors (Lipinski definition) is 3. The van der Waals surface area contributed by atoms with Crippen LogP contribution in [0.25, 0.3) is 44.2 Å². The lowest BCUT2D eigenvalue weighted by atomic mass is 9.77. The quantitative estimate of drug-likeness (QED) is 0.133. The number of nitrogens with zero attached hydrogens (tertiary/aromatic N) is 3. The van der Waals surface area contributed by atoms with E-state index in [1.165, 1.54) is 86.8 Å². The summed E-state index contributed by atoms with van der Waals surface area (Å²) < 4.78 is 3.65. The lowest BCUT2D eigenvalue weighted by Gasteiger charge is -2.32. The van der Waals surface area contributed by atoms with E-state index in [9.17, 15) is 0 Å². The van der Waals surface area contributed by atoms with E-state index in [2.05, 4.69) is 121 Å². The van der Waals surface area contributed by atoms with Gasteiger partial charge in [-0.3, -0.25) is 9.98 Å². The number of hydrogen-bond donors (Lipinski definition) is 0. The highest BCUT2D eigenvalue weighted by Crippen LogP contribution is 2.50. The molecule has 2 atom stereocenters. The summed E-state index contributed by atoms with van der Waals surface area (Å²) in [5, 5.41) is 2.23. The summed E-state index contributed by atoms with van der Waals surface area (Å²) in [5.74, 6) is 0.863. The summed E-state index contributed by atoms with van der Waals surface area (Å²) in [6, 6.07) is 27.2. The van der Waals surface area contributed by atoms with Crippen molar-refractivity contribution < 1.29 is 4.57 Å². The first kappa shape index (κ1) is 31.6. The van der Waals surface area contributed by atoms with Crippen molar-refractivity contribution in [1.82, 2.24) is 0 Å². The van der Waals surface area contributed by atoms with E-state index < -0.39 is 0 Å². The number of aromatic nitrogens is 1. The third-order valence-corrected chi connectivity index (χ3v) is 12.1. The Balaban J connectivity index is 1.45. The second kappa shape index (κ2) is 13.3. The van der Waals surface area contributed by atoms with Crippen LogP contribution in [0.1, 0.15) is 91.5 Å². The molecular weight excluding hydrogens is 615 g/mol. The summed E-state index contributed by atoms with van der Waals surface area (Å²) in [6.07, 6.45) is 17.8. The van der Waals surface area contributed by atoms with Crippen molar-refractivity contribution in [2.45, 2.75) is 76.2 Å². The molecule has 0 radical (unpaired) electrons. The minimum atomic E-state index is 0.0900. The van der Waals surface area contributed by atoms with Crippen LogP contribution in [0.3, 0.4) is 0 Å². The maximum Gasteiger partial charge on any atom is 0.219 e. The Morgan fingerprint density at radius 1 is 0.939 bits per heavy atom. The number of allylic oxidation sites excluding steroid dienone is 2. The Labute approximate surface area is 294 Å². The van der Waals surface area contributed by atoms with E-state index in [-0.39, 0.29) is 12.0 Å². The molecule has 2 aromatic heterocycles. The van der Waals surface area contributed by atoms with Crippen LogP contribution in [0, 0.1) is 0 Å². The molecule has 2 unspecified atom stereocenters. The molecule has 1 saturated carbocycles. The number of thiophene rings is 1. The average molecular weight is 659 g/mol. The molecule has 4 heteroatoms. The van der Waals surface area contributed by atoms with Crippen molar-refractivity contribution in [3.8, 4) is 22.4 Å². The van der Waals surface area contributed by atoms with Gasteiger partial charge in [-0.2, -0.15) is 4.57 Å². The minimum Gasteiger partial charge on any atom is -0.280 e. The molecule has 8 rings (SSSR count). The molecule has 1 aliphatic carbocycles. The number of fused-ring (bicyclic) bond motifs is 7. The Hall–Kier alpha value is -4.67. The zero-order valence-corrected chi connectivity index (χ0v) is 29.3. The largest absolute Gasteiger partial charge is 0.280 e. The topological polar surface area (TPSA) is 28.6 Å². The number of pyridine rings is 1. The van der Waals surface area contributed by atoms with Crippen LogP contribution in [0.4, 0.5) is 5.00 Å². The van der Waals surface area contributed by atoms with Crippen molar-refractivity contribution >= 4 is 50.6 Å². The average Bonchev–Trinajstić information content (AvgIpc) is 3.50. The van der Waals surface area contributed by atoms with Crippen molar-refractivity contribution in [2.75, 3.05) is 0 Å². The van der Waals surface area contributed by atoms with E-state index >= 15 is 0 Å². The molecular formula is C45H44N3S+. The first-order valence-electron chi connectivity index (χ1n) is 17.9. The van der Waals surface area contributed by atoms with E-state index in [1.54, 1.807) is 11.3 Å². The first-order chi connectivity index (χ1) is 24.1. The zero-order valence-electron chi connectivity index (χ0n) is 28.5. The van der Waals surface area contributed by atoms with Gasteiger partial charge in [0.05, 0.1) is 23.7 Å². The van der Waals surface area contributed by atoms with Crippen LogP contribution in [0.15, 0.2) is 114 Å². The Kier molecular flexibility index (Phi) is 8.59. The maximum atomic E-state index is 5.37. The molecule has 3 aliphatic rings. The summed E-state index contributed by atoms with van der Waals surface area (Å²) in [6.45, 7) is 15.1. The lowest BCUT2D eigenvalue weighted by Crippen LogP contribution is -2.38. The molecule has 5 aromatic rings. The van der Waals surface area contributed by atoms with Crippen LogP contribution < -0.4 is 4.57 Å². The Morgan fingerprint density at radius 2 is 1.73 bits per heavy atom. The van der Waals surface area contributed by atoms with Gasteiger partial charge in [0, 0.05) is 44.8 Å². The third kappa shape index (κ3) is 5.56. The van der Waals surface area contributed by atoms with Crippen LogP contribution in [0.2, 0.25) is 0 Å². The van der Waals surface area contributed by atoms with Crippen molar-refractivity contribution in [3.05, 3.63) is 132 Å². The van der Waals surface area contributed by atoms with Gasteiger partial charge in [0.2, 0.25) is 5.69 Å². The van der Waals surface area contributed by atoms with Gasteiger partial charge in [0.15, 0.2) is 11.9 Å². The van der Waals surface area contributed by atoms with Crippen molar-refractivity contribution in [3.63, 3.8) is 0 Å². The predicted octanol–water partition coefficient (Wildman–Crippen LogP) is 11.9. The highest BCUT2D eigenvalue weighted by atomic mass is 32.1. The summed E-state index contributed by atoms with van der Waals surface area (Å²) >= 11 is 1.75. The molecule has 0 bridgehead atoms. The van der Waals surface area contributed by atoms with Gasteiger partial charge in [-0.15, -0.1) is 11.3 Å². The van der Waals surface area contributed by atoms with Gasteiger partial charge < -0.3 is 0 Å². The second-order valence-corrected chi connectivity index (χ2v) is 14.9.